The van der Waals surface area contributed by atoms with Crippen LogP contribution in [0.5, 0.6) is 0 Å². The summed E-state index contributed by atoms with van der Waals surface area (Å²) in [6, 6.07) is 0. The number of hydrogen-bond acceptors (Lipinski definition) is 6. The van der Waals surface area contributed by atoms with E-state index in [-0.39, 0.29) is 31.1 Å². The van der Waals surface area contributed by atoms with Crippen molar-refractivity contribution in [2.45, 2.75) is 386 Å². The van der Waals surface area contributed by atoms with Crippen molar-refractivity contribution in [1.82, 2.24) is 0 Å². The van der Waals surface area contributed by atoms with E-state index in [0.717, 1.165) is 57.8 Å². The van der Waals surface area contributed by atoms with E-state index in [0.29, 0.717) is 19.3 Å². The molecule has 0 aromatic rings. The van der Waals surface area contributed by atoms with Crippen LogP contribution in [0.3, 0.4) is 0 Å². The summed E-state index contributed by atoms with van der Waals surface area (Å²) in [6.07, 6.45) is 69.7. The minimum absolute atomic E-state index is 0.0604. The van der Waals surface area contributed by atoms with Crippen LogP contribution < -0.4 is 0 Å². The van der Waals surface area contributed by atoms with E-state index in [4.69, 9.17) is 14.2 Å². The Morgan fingerprint density at radius 3 is 0.563 bits per heavy atom. The number of carbonyl (C=O) groups excluding carboxylic acids is 3. The molecule has 6 nitrogen and oxygen atoms in total. The van der Waals surface area contributed by atoms with Crippen LogP contribution >= 0.6 is 0 Å². The first-order valence-electron chi connectivity index (χ1n) is 32.5. The standard InChI is InChI=1S/C65H126O6/c1-4-7-10-13-16-19-22-25-28-30-32-33-34-36-37-40-43-46-49-52-55-58-64(67)70-61-62(60-69-63(66)57-54-51-48-45-42-39-27-24-21-18-15-12-9-6-3)71-65(68)59-56-53-50-47-44-41-38-35-31-29-26-23-20-17-14-11-8-5-2/h62H,4-61H2,1-3H3. The molecule has 0 saturated carbocycles. The number of rotatable bonds is 61. The first-order chi connectivity index (χ1) is 35.0. The highest BCUT2D eigenvalue weighted by atomic mass is 16.6. The number of ether oxygens (including phenoxy) is 3. The Morgan fingerprint density at radius 2 is 0.380 bits per heavy atom. The smallest absolute Gasteiger partial charge is 0.306 e. The van der Waals surface area contributed by atoms with Crippen LogP contribution in [0.25, 0.3) is 0 Å². The molecule has 0 fully saturated rings. The third kappa shape index (κ3) is 59.2. The highest BCUT2D eigenvalue weighted by Crippen LogP contribution is 2.19. The van der Waals surface area contributed by atoms with Gasteiger partial charge < -0.3 is 14.2 Å². The zero-order valence-electron chi connectivity index (χ0n) is 48.5. The fourth-order valence-corrected chi connectivity index (χ4v) is 10.2. The van der Waals surface area contributed by atoms with E-state index in [1.165, 1.54) is 283 Å². The van der Waals surface area contributed by atoms with Gasteiger partial charge in [0.25, 0.3) is 0 Å². The lowest BCUT2D eigenvalue weighted by molar-refractivity contribution is -0.167. The molecule has 1 unspecified atom stereocenters. The van der Waals surface area contributed by atoms with Gasteiger partial charge >= 0.3 is 17.9 Å². The molecule has 0 aliphatic heterocycles. The fourth-order valence-electron chi connectivity index (χ4n) is 10.2. The number of esters is 3. The maximum Gasteiger partial charge on any atom is 0.306 e. The second-order valence-corrected chi connectivity index (χ2v) is 22.4. The van der Waals surface area contributed by atoms with Crippen molar-refractivity contribution < 1.29 is 28.6 Å². The van der Waals surface area contributed by atoms with E-state index >= 15 is 0 Å². The Kier molecular flexibility index (Phi) is 59.6. The van der Waals surface area contributed by atoms with Gasteiger partial charge in [-0.15, -0.1) is 0 Å². The SMILES string of the molecule is CCCCCCCCCCCCCCCCCCCCCCCC(=O)OCC(COC(=O)CCCCCCCCCCCCCCCC)OC(=O)CCCCCCCCCCCCCCCCCCCC. The molecule has 6 heteroatoms. The molecule has 0 bridgehead atoms. The summed E-state index contributed by atoms with van der Waals surface area (Å²) < 4.78 is 17.0. The predicted molar refractivity (Wildman–Crippen MR) is 307 cm³/mol. The molecule has 0 spiro atoms. The van der Waals surface area contributed by atoms with Gasteiger partial charge in [-0.1, -0.05) is 342 Å². The summed E-state index contributed by atoms with van der Waals surface area (Å²) in [4.78, 5) is 38.3. The molecule has 0 saturated heterocycles. The van der Waals surface area contributed by atoms with Crippen molar-refractivity contribution in [2.24, 2.45) is 0 Å². The molecular formula is C65H126O6. The predicted octanol–water partition coefficient (Wildman–Crippen LogP) is 21.9. The number of hydrogen-bond donors (Lipinski definition) is 0. The van der Waals surface area contributed by atoms with Crippen LogP contribution in [0.4, 0.5) is 0 Å². The Hall–Kier alpha value is -1.59. The molecule has 0 aromatic heterocycles. The molecule has 0 N–H and O–H groups in total. The van der Waals surface area contributed by atoms with E-state index in [2.05, 4.69) is 20.8 Å². The highest BCUT2D eigenvalue weighted by molar-refractivity contribution is 5.71. The third-order valence-electron chi connectivity index (χ3n) is 15.1. The van der Waals surface area contributed by atoms with E-state index < -0.39 is 6.10 Å². The average Bonchev–Trinajstić information content (AvgIpc) is 3.37. The van der Waals surface area contributed by atoms with Gasteiger partial charge in [-0.25, -0.2) is 0 Å². The Balaban J connectivity index is 4.25. The zero-order chi connectivity index (χ0) is 51.4. The molecular weight excluding hydrogens is 877 g/mol. The summed E-state index contributed by atoms with van der Waals surface area (Å²) in [7, 11) is 0. The normalized spacial score (nSPS) is 11.9. The van der Waals surface area contributed by atoms with Crippen LogP contribution in [0.2, 0.25) is 0 Å². The summed E-state index contributed by atoms with van der Waals surface area (Å²) in [5.41, 5.74) is 0. The van der Waals surface area contributed by atoms with Crippen molar-refractivity contribution in [3.8, 4) is 0 Å². The molecule has 0 amide bonds. The van der Waals surface area contributed by atoms with E-state index in [1.807, 2.05) is 0 Å². The Morgan fingerprint density at radius 1 is 0.225 bits per heavy atom. The Labute approximate surface area is 444 Å². The lowest BCUT2D eigenvalue weighted by Gasteiger charge is -2.18. The van der Waals surface area contributed by atoms with Crippen molar-refractivity contribution in [3.05, 3.63) is 0 Å². The van der Waals surface area contributed by atoms with Gasteiger partial charge in [0.05, 0.1) is 0 Å². The molecule has 1 atom stereocenters. The van der Waals surface area contributed by atoms with Gasteiger partial charge in [-0.2, -0.15) is 0 Å². The maximum absolute atomic E-state index is 12.9. The van der Waals surface area contributed by atoms with Crippen molar-refractivity contribution >= 4 is 17.9 Å². The first-order valence-corrected chi connectivity index (χ1v) is 32.5. The van der Waals surface area contributed by atoms with Crippen LogP contribution in [0.1, 0.15) is 380 Å². The van der Waals surface area contributed by atoms with Crippen molar-refractivity contribution in [3.63, 3.8) is 0 Å². The summed E-state index contributed by atoms with van der Waals surface area (Å²) in [6.45, 7) is 6.73. The van der Waals surface area contributed by atoms with E-state index in [9.17, 15) is 14.4 Å². The molecule has 0 aromatic carbocycles. The summed E-state index contributed by atoms with van der Waals surface area (Å²) in [5, 5.41) is 0. The summed E-state index contributed by atoms with van der Waals surface area (Å²) >= 11 is 0. The van der Waals surface area contributed by atoms with Gasteiger partial charge in [0, 0.05) is 19.3 Å². The number of unbranched alkanes of at least 4 members (excludes halogenated alkanes) is 50. The van der Waals surface area contributed by atoms with Gasteiger partial charge in [0.15, 0.2) is 6.10 Å². The zero-order valence-corrected chi connectivity index (χ0v) is 48.5. The van der Waals surface area contributed by atoms with Crippen molar-refractivity contribution in [2.75, 3.05) is 13.2 Å². The van der Waals surface area contributed by atoms with Crippen LogP contribution in [0, 0.1) is 0 Å². The molecule has 0 aliphatic carbocycles. The second-order valence-electron chi connectivity index (χ2n) is 22.4. The third-order valence-corrected chi connectivity index (χ3v) is 15.1. The van der Waals surface area contributed by atoms with Gasteiger partial charge in [0.2, 0.25) is 0 Å². The molecule has 0 rings (SSSR count). The minimum atomic E-state index is -0.762. The molecule has 0 radical (unpaired) electrons. The molecule has 0 aliphatic rings. The van der Waals surface area contributed by atoms with Gasteiger partial charge in [-0.05, 0) is 19.3 Å². The van der Waals surface area contributed by atoms with Crippen LogP contribution in [-0.4, -0.2) is 37.2 Å². The molecule has 71 heavy (non-hydrogen) atoms. The van der Waals surface area contributed by atoms with Gasteiger partial charge in [-0.3, -0.25) is 14.4 Å². The topological polar surface area (TPSA) is 78.9 Å². The molecule has 422 valence electrons. The largest absolute Gasteiger partial charge is 0.462 e. The molecule has 0 heterocycles. The minimum Gasteiger partial charge on any atom is -0.462 e. The second kappa shape index (κ2) is 61.0. The highest BCUT2D eigenvalue weighted by Gasteiger charge is 2.19. The van der Waals surface area contributed by atoms with Crippen molar-refractivity contribution in [1.29, 1.82) is 0 Å². The lowest BCUT2D eigenvalue weighted by atomic mass is 10.0. The van der Waals surface area contributed by atoms with Crippen LogP contribution in [0.15, 0.2) is 0 Å². The quantitative estimate of drug-likeness (QED) is 0.0343. The van der Waals surface area contributed by atoms with Gasteiger partial charge in [0.1, 0.15) is 13.2 Å². The first kappa shape index (κ1) is 69.4. The van der Waals surface area contributed by atoms with E-state index in [1.54, 1.807) is 0 Å². The average molecular weight is 1000 g/mol. The fraction of sp³-hybridized carbons (Fsp3) is 0.954. The van der Waals surface area contributed by atoms with Crippen LogP contribution in [-0.2, 0) is 28.6 Å². The number of carbonyl (C=O) groups is 3. The Bertz CT molecular complexity index is 1060. The summed E-state index contributed by atoms with van der Waals surface area (Å²) in [5.74, 6) is -0.824. The monoisotopic (exact) mass is 1000 g/mol. The maximum atomic E-state index is 12.9. The lowest BCUT2D eigenvalue weighted by Crippen LogP contribution is -2.30.